The average Bonchev–Trinajstić information content (AvgIpc) is 2.36. The third-order valence-electron chi connectivity index (χ3n) is 3.20. The Hall–Kier alpha value is -1.26. The predicted molar refractivity (Wildman–Crippen MR) is 82.1 cm³/mol. The molecule has 4 nitrogen and oxygen atoms in total. The van der Waals surface area contributed by atoms with Crippen LogP contribution in [0.4, 0.5) is 0 Å². The summed E-state index contributed by atoms with van der Waals surface area (Å²) in [6.45, 7) is 7.78. The van der Waals surface area contributed by atoms with E-state index < -0.39 is 0 Å². The first-order valence-electron chi connectivity index (χ1n) is 6.74. The molecule has 5 heteroatoms. The number of benzene rings is 1. The van der Waals surface area contributed by atoms with E-state index in [1.54, 1.807) is 12.1 Å². The largest absolute Gasteiger partial charge is 0.482 e. The number of carbonyl (C=O) groups excluding carboxylic acids is 1. The smallest absolute Gasteiger partial charge is 0.258 e. The van der Waals surface area contributed by atoms with E-state index >= 15 is 0 Å². The summed E-state index contributed by atoms with van der Waals surface area (Å²) in [4.78, 5) is 11.8. The maximum absolute atomic E-state index is 11.8. The maximum atomic E-state index is 11.8. The summed E-state index contributed by atoms with van der Waals surface area (Å²) in [7, 11) is 0. The lowest BCUT2D eigenvalue weighted by molar-refractivity contribution is -0.124. The van der Waals surface area contributed by atoms with Gasteiger partial charge in [-0.1, -0.05) is 24.6 Å². The van der Waals surface area contributed by atoms with Crippen molar-refractivity contribution in [2.24, 2.45) is 5.73 Å². The first-order valence-corrected chi connectivity index (χ1v) is 7.12. The number of carbonyl (C=O) groups is 1. The van der Waals surface area contributed by atoms with Crippen LogP contribution in [-0.4, -0.2) is 18.1 Å². The summed E-state index contributed by atoms with van der Waals surface area (Å²) in [5, 5.41) is 3.36. The van der Waals surface area contributed by atoms with Gasteiger partial charge in [0.1, 0.15) is 5.75 Å². The van der Waals surface area contributed by atoms with Crippen molar-refractivity contribution in [1.82, 2.24) is 5.32 Å². The molecular formula is C15H23ClN2O2. The SMILES string of the molecule is CCC(C)(C)NC(=O)COc1ccc(C(C)N)cc1Cl. The molecule has 112 valence electrons. The number of hydrogen-bond donors (Lipinski definition) is 2. The molecule has 1 rings (SSSR count). The van der Waals surface area contributed by atoms with Crippen LogP contribution in [0.5, 0.6) is 5.75 Å². The van der Waals surface area contributed by atoms with E-state index in [1.165, 1.54) is 0 Å². The predicted octanol–water partition coefficient (Wildman–Crippen LogP) is 3.04. The molecule has 0 aliphatic heterocycles. The lowest BCUT2D eigenvalue weighted by Crippen LogP contribution is -2.44. The van der Waals surface area contributed by atoms with Gasteiger partial charge in [0.2, 0.25) is 0 Å². The van der Waals surface area contributed by atoms with Gasteiger partial charge in [-0.15, -0.1) is 0 Å². The Bertz CT molecular complexity index is 473. The second-order valence-electron chi connectivity index (χ2n) is 5.55. The zero-order valence-corrected chi connectivity index (χ0v) is 13.3. The highest BCUT2D eigenvalue weighted by Crippen LogP contribution is 2.27. The number of nitrogens with two attached hydrogens (primary N) is 1. The van der Waals surface area contributed by atoms with Crippen LogP contribution < -0.4 is 15.8 Å². The first-order chi connectivity index (χ1) is 9.25. The van der Waals surface area contributed by atoms with E-state index in [0.29, 0.717) is 10.8 Å². The van der Waals surface area contributed by atoms with E-state index in [1.807, 2.05) is 33.8 Å². The maximum Gasteiger partial charge on any atom is 0.258 e. The highest BCUT2D eigenvalue weighted by Gasteiger charge is 2.18. The van der Waals surface area contributed by atoms with Crippen LogP contribution >= 0.6 is 11.6 Å². The van der Waals surface area contributed by atoms with E-state index in [4.69, 9.17) is 22.1 Å². The van der Waals surface area contributed by atoms with Crippen molar-refractivity contribution < 1.29 is 9.53 Å². The van der Waals surface area contributed by atoms with Crippen LogP contribution in [0.2, 0.25) is 5.02 Å². The molecule has 1 amide bonds. The van der Waals surface area contributed by atoms with Crippen molar-refractivity contribution in [3.63, 3.8) is 0 Å². The molecule has 0 radical (unpaired) electrons. The summed E-state index contributed by atoms with van der Waals surface area (Å²) >= 11 is 6.11. The molecule has 0 heterocycles. The number of amides is 1. The molecule has 1 aromatic carbocycles. The lowest BCUT2D eigenvalue weighted by atomic mass is 10.0. The second-order valence-corrected chi connectivity index (χ2v) is 5.96. The Balaban J connectivity index is 2.60. The van der Waals surface area contributed by atoms with Gasteiger partial charge in [0.05, 0.1) is 5.02 Å². The Kier molecular flexibility index (Phi) is 5.84. The fourth-order valence-electron chi connectivity index (χ4n) is 1.56. The molecule has 0 spiro atoms. The molecule has 0 aliphatic rings. The fourth-order valence-corrected chi connectivity index (χ4v) is 1.81. The highest BCUT2D eigenvalue weighted by atomic mass is 35.5. The molecule has 0 bridgehead atoms. The summed E-state index contributed by atoms with van der Waals surface area (Å²) in [6.07, 6.45) is 0.850. The topological polar surface area (TPSA) is 64.3 Å². The first kappa shape index (κ1) is 16.8. The summed E-state index contributed by atoms with van der Waals surface area (Å²) in [5.74, 6) is 0.324. The lowest BCUT2D eigenvalue weighted by Gasteiger charge is -2.24. The molecule has 0 fully saturated rings. The van der Waals surface area contributed by atoms with Gasteiger partial charge in [-0.2, -0.15) is 0 Å². The molecule has 20 heavy (non-hydrogen) atoms. The van der Waals surface area contributed by atoms with Crippen LogP contribution in [0.25, 0.3) is 0 Å². The van der Waals surface area contributed by atoms with E-state index in [-0.39, 0.29) is 24.1 Å². The number of ether oxygens (including phenoxy) is 1. The average molecular weight is 299 g/mol. The Labute approximate surface area is 125 Å². The quantitative estimate of drug-likeness (QED) is 0.848. The van der Waals surface area contributed by atoms with E-state index in [9.17, 15) is 4.79 Å². The summed E-state index contributed by atoms with van der Waals surface area (Å²) < 4.78 is 5.44. The van der Waals surface area contributed by atoms with Crippen molar-refractivity contribution in [3.05, 3.63) is 28.8 Å². The van der Waals surface area contributed by atoms with Gasteiger partial charge >= 0.3 is 0 Å². The van der Waals surface area contributed by atoms with Gasteiger partial charge in [-0.25, -0.2) is 0 Å². The standard InChI is InChI=1S/C15H23ClN2O2/c1-5-15(3,4)18-14(19)9-20-13-7-6-11(10(2)17)8-12(13)16/h6-8,10H,5,9,17H2,1-4H3,(H,18,19). The van der Waals surface area contributed by atoms with Gasteiger partial charge in [0.15, 0.2) is 6.61 Å². The van der Waals surface area contributed by atoms with Crippen LogP contribution in [0.15, 0.2) is 18.2 Å². The van der Waals surface area contributed by atoms with Gasteiger partial charge < -0.3 is 15.8 Å². The minimum atomic E-state index is -0.233. The van der Waals surface area contributed by atoms with Crippen molar-refractivity contribution >= 4 is 17.5 Å². The number of hydrogen-bond acceptors (Lipinski definition) is 3. The number of nitrogens with one attached hydrogen (secondary N) is 1. The highest BCUT2D eigenvalue weighted by molar-refractivity contribution is 6.32. The normalized spacial score (nSPS) is 12.9. The second kappa shape index (κ2) is 6.95. The van der Waals surface area contributed by atoms with Crippen LogP contribution in [0, 0.1) is 0 Å². The molecule has 1 unspecified atom stereocenters. The van der Waals surface area contributed by atoms with Crippen LogP contribution in [0.3, 0.4) is 0 Å². The van der Waals surface area contributed by atoms with Crippen molar-refractivity contribution in [2.45, 2.75) is 45.7 Å². The Morgan fingerprint density at radius 1 is 1.50 bits per heavy atom. The number of rotatable bonds is 6. The molecule has 1 atom stereocenters. The third kappa shape index (κ3) is 5.02. The Morgan fingerprint density at radius 2 is 2.15 bits per heavy atom. The van der Waals surface area contributed by atoms with Gasteiger partial charge in [0, 0.05) is 11.6 Å². The Morgan fingerprint density at radius 3 is 2.65 bits per heavy atom. The minimum Gasteiger partial charge on any atom is -0.482 e. The molecule has 1 aromatic rings. The van der Waals surface area contributed by atoms with Crippen LogP contribution in [0.1, 0.15) is 45.7 Å². The number of halogens is 1. The monoisotopic (exact) mass is 298 g/mol. The molecule has 3 N–H and O–H groups in total. The molecule has 0 saturated heterocycles. The fraction of sp³-hybridized carbons (Fsp3) is 0.533. The van der Waals surface area contributed by atoms with Gasteiger partial charge in [0.25, 0.3) is 5.91 Å². The van der Waals surface area contributed by atoms with Crippen molar-refractivity contribution in [1.29, 1.82) is 0 Å². The molecule has 0 saturated carbocycles. The summed E-state index contributed by atoms with van der Waals surface area (Å²) in [6, 6.07) is 5.25. The molecular weight excluding hydrogens is 276 g/mol. The van der Waals surface area contributed by atoms with Crippen molar-refractivity contribution in [2.75, 3.05) is 6.61 Å². The molecule has 0 aromatic heterocycles. The van der Waals surface area contributed by atoms with Crippen LogP contribution in [-0.2, 0) is 4.79 Å². The van der Waals surface area contributed by atoms with E-state index in [0.717, 1.165) is 12.0 Å². The third-order valence-corrected chi connectivity index (χ3v) is 3.50. The van der Waals surface area contributed by atoms with Crippen molar-refractivity contribution in [3.8, 4) is 5.75 Å². The minimum absolute atomic E-state index is 0.0549. The van der Waals surface area contributed by atoms with E-state index in [2.05, 4.69) is 5.32 Å². The zero-order valence-electron chi connectivity index (χ0n) is 12.5. The molecule has 0 aliphatic carbocycles. The van der Waals surface area contributed by atoms with Gasteiger partial charge in [-0.3, -0.25) is 4.79 Å². The summed E-state index contributed by atoms with van der Waals surface area (Å²) in [5.41, 5.74) is 6.47. The van der Waals surface area contributed by atoms with Gasteiger partial charge in [-0.05, 0) is 44.9 Å². The zero-order chi connectivity index (χ0) is 15.3.